The van der Waals surface area contributed by atoms with Crippen molar-refractivity contribution < 1.29 is 28.6 Å². The van der Waals surface area contributed by atoms with Crippen molar-refractivity contribution in [2.45, 2.75) is 27.4 Å². The average molecular weight is 359 g/mol. The third-order valence-electron chi connectivity index (χ3n) is 3.84. The zero-order valence-electron chi connectivity index (χ0n) is 15.2. The van der Waals surface area contributed by atoms with E-state index in [9.17, 15) is 14.4 Å². The molecule has 2 rings (SSSR count). The number of nitrogens with one attached hydrogen (secondary N) is 1. The molecule has 7 heteroatoms. The smallest absolute Gasteiger partial charge is 0.355 e. The van der Waals surface area contributed by atoms with Crippen molar-refractivity contribution >= 4 is 17.9 Å². The first-order valence-corrected chi connectivity index (χ1v) is 8.09. The molecule has 1 aromatic heterocycles. The van der Waals surface area contributed by atoms with E-state index < -0.39 is 17.9 Å². The van der Waals surface area contributed by atoms with Gasteiger partial charge in [-0.3, -0.25) is 0 Å². The van der Waals surface area contributed by atoms with Crippen LogP contribution in [0.2, 0.25) is 0 Å². The van der Waals surface area contributed by atoms with Crippen LogP contribution in [0.4, 0.5) is 0 Å². The van der Waals surface area contributed by atoms with E-state index in [1.807, 2.05) is 0 Å². The Labute approximate surface area is 151 Å². The largest absolute Gasteiger partial charge is 0.465 e. The minimum Gasteiger partial charge on any atom is -0.465 e. The first-order chi connectivity index (χ1) is 12.4. The van der Waals surface area contributed by atoms with Crippen molar-refractivity contribution in [2.24, 2.45) is 0 Å². The number of hydrogen-bond acceptors (Lipinski definition) is 6. The van der Waals surface area contributed by atoms with Gasteiger partial charge in [-0.15, -0.1) is 0 Å². The number of ether oxygens (including phenoxy) is 3. The third kappa shape index (κ3) is 4.11. The molecule has 0 saturated heterocycles. The number of carbonyl (C=O) groups is 3. The van der Waals surface area contributed by atoms with Gasteiger partial charge < -0.3 is 19.2 Å². The lowest BCUT2D eigenvalue weighted by Crippen LogP contribution is -2.09. The molecule has 1 N–H and O–H groups in total. The molecule has 0 amide bonds. The highest BCUT2D eigenvalue weighted by atomic mass is 16.5. The molecule has 7 nitrogen and oxygen atoms in total. The number of rotatable bonds is 6. The minimum atomic E-state index is -0.593. The van der Waals surface area contributed by atoms with Crippen LogP contribution >= 0.6 is 0 Å². The summed E-state index contributed by atoms with van der Waals surface area (Å²) >= 11 is 0. The second-order valence-corrected chi connectivity index (χ2v) is 5.61. The van der Waals surface area contributed by atoms with Crippen molar-refractivity contribution in [1.82, 2.24) is 4.98 Å². The van der Waals surface area contributed by atoms with Crippen LogP contribution in [0.3, 0.4) is 0 Å². The molecule has 0 aliphatic rings. The summed E-state index contributed by atoms with van der Waals surface area (Å²) < 4.78 is 15.0. The molecule has 1 heterocycles. The van der Waals surface area contributed by atoms with Gasteiger partial charge in [-0.05, 0) is 44.0 Å². The maximum Gasteiger partial charge on any atom is 0.355 e. The van der Waals surface area contributed by atoms with Crippen LogP contribution in [0.25, 0.3) is 0 Å². The summed E-state index contributed by atoms with van der Waals surface area (Å²) in [5.41, 5.74) is 2.58. The normalized spacial score (nSPS) is 10.3. The van der Waals surface area contributed by atoms with Gasteiger partial charge in [-0.25, -0.2) is 14.4 Å². The Morgan fingerprint density at radius 1 is 1.04 bits per heavy atom. The molecule has 0 aliphatic carbocycles. The highest BCUT2D eigenvalue weighted by Crippen LogP contribution is 2.20. The van der Waals surface area contributed by atoms with E-state index in [1.54, 1.807) is 45.0 Å². The van der Waals surface area contributed by atoms with E-state index in [0.29, 0.717) is 27.9 Å². The fraction of sp³-hybridized carbons (Fsp3) is 0.316. The van der Waals surface area contributed by atoms with Crippen molar-refractivity contribution in [1.29, 1.82) is 0 Å². The lowest BCUT2D eigenvalue weighted by Gasteiger charge is -2.06. The van der Waals surface area contributed by atoms with Gasteiger partial charge >= 0.3 is 17.9 Å². The van der Waals surface area contributed by atoms with Crippen molar-refractivity contribution in [3.05, 3.63) is 57.9 Å². The Morgan fingerprint density at radius 2 is 1.77 bits per heavy atom. The second kappa shape index (κ2) is 8.33. The van der Waals surface area contributed by atoms with E-state index in [0.717, 1.165) is 0 Å². The van der Waals surface area contributed by atoms with Crippen LogP contribution in [0.1, 0.15) is 54.9 Å². The highest BCUT2D eigenvalue weighted by Gasteiger charge is 2.23. The molecule has 0 radical (unpaired) electrons. The van der Waals surface area contributed by atoms with Gasteiger partial charge in [-0.2, -0.15) is 0 Å². The molecule has 1 aromatic carbocycles. The van der Waals surface area contributed by atoms with E-state index in [2.05, 4.69) is 9.72 Å². The monoisotopic (exact) mass is 359 g/mol. The fourth-order valence-electron chi connectivity index (χ4n) is 2.59. The molecule has 0 atom stereocenters. The Morgan fingerprint density at radius 3 is 2.42 bits per heavy atom. The van der Waals surface area contributed by atoms with Crippen molar-refractivity contribution in [2.75, 3.05) is 13.7 Å². The van der Waals surface area contributed by atoms with Gasteiger partial charge in [0.05, 0.1) is 24.8 Å². The molecule has 0 unspecified atom stereocenters. The van der Waals surface area contributed by atoms with E-state index >= 15 is 0 Å². The Bertz CT molecular complexity index is 837. The van der Waals surface area contributed by atoms with Crippen molar-refractivity contribution in [3.63, 3.8) is 0 Å². The second-order valence-electron chi connectivity index (χ2n) is 5.61. The van der Waals surface area contributed by atoms with E-state index in [4.69, 9.17) is 9.47 Å². The average Bonchev–Trinajstić information content (AvgIpc) is 2.93. The SMILES string of the molecule is CCOC(=O)c1c(C)[nH]c(C(=O)OCc2cccc(C(=O)OC)c2)c1C. The van der Waals surface area contributed by atoms with E-state index in [-0.39, 0.29) is 18.9 Å². The highest BCUT2D eigenvalue weighted by molar-refractivity contribution is 5.98. The summed E-state index contributed by atoms with van der Waals surface area (Å²) in [6, 6.07) is 6.62. The summed E-state index contributed by atoms with van der Waals surface area (Å²) in [6.07, 6.45) is 0. The first-order valence-electron chi connectivity index (χ1n) is 8.09. The minimum absolute atomic E-state index is 0.0179. The molecular weight excluding hydrogens is 338 g/mol. The summed E-state index contributed by atoms with van der Waals surface area (Å²) in [6.45, 7) is 5.29. The predicted octanol–water partition coefficient (Wildman–Crippen LogP) is 2.95. The molecular formula is C19H21NO6. The molecule has 0 bridgehead atoms. The zero-order chi connectivity index (χ0) is 19.3. The zero-order valence-corrected chi connectivity index (χ0v) is 15.2. The third-order valence-corrected chi connectivity index (χ3v) is 3.84. The van der Waals surface area contributed by atoms with Gasteiger partial charge in [0.25, 0.3) is 0 Å². The molecule has 0 aliphatic heterocycles. The Kier molecular flexibility index (Phi) is 6.16. The number of aromatic nitrogens is 1. The van der Waals surface area contributed by atoms with Crippen LogP contribution in [-0.4, -0.2) is 36.6 Å². The summed E-state index contributed by atoms with van der Waals surface area (Å²) in [4.78, 5) is 38.8. The topological polar surface area (TPSA) is 94.7 Å². The fourth-order valence-corrected chi connectivity index (χ4v) is 2.59. The standard InChI is InChI=1S/C19H21NO6/c1-5-25-18(22)15-11(2)16(20-12(15)3)19(23)26-10-13-7-6-8-14(9-13)17(21)24-4/h6-9,20H,5,10H2,1-4H3. The molecule has 26 heavy (non-hydrogen) atoms. The number of methoxy groups -OCH3 is 1. The van der Waals surface area contributed by atoms with Crippen LogP contribution < -0.4 is 0 Å². The van der Waals surface area contributed by atoms with Gasteiger partial charge in [0.1, 0.15) is 12.3 Å². The summed E-state index contributed by atoms with van der Waals surface area (Å²) in [5.74, 6) is -1.54. The number of aryl methyl sites for hydroxylation is 1. The van der Waals surface area contributed by atoms with Crippen LogP contribution in [0.15, 0.2) is 24.3 Å². The van der Waals surface area contributed by atoms with Crippen LogP contribution in [0, 0.1) is 13.8 Å². The Balaban J connectivity index is 2.13. The number of benzene rings is 1. The molecule has 138 valence electrons. The van der Waals surface area contributed by atoms with Crippen molar-refractivity contribution in [3.8, 4) is 0 Å². The van der Waals surface area contributed by atoms with Gasteiger partial charge in [0, 0.05) is 5.69 Å². The Hall–Kier alpha value is -3.09. The van der Waals surface area contributed by atoms with Gasteiger partial charge in [0.15, 0.2) is 0 Å². The molecule has 0 spiro atoms. The van der Waals surface area contributed by atoms with Gasteiger partial charge in [0.2, 0.25) is 0 Å². The number of H-pyrrole nitrogens is 1. The first kappa shape index (κ1) is 19.2. The lowest BCUT2D eigenvalue weighted by atomic mass is 10.1. The number of aromatic amines is 1. The number of esters is 3. The number of carbonyl (C=O) groups excluding carboxylic acids is 3. The van der Waals surface area contributed by atoms with Crippen LogP contribution in [-0.2, 0) is 20.8 Å². The quantitative estimate of drug-likeness (QED) is 0.629. The van der Waals surface area contributed by atoms with Crippen LogP contribution in [0.5, 0.6) is 0 Å². The maximum atomic E-state index is 12.4. The lowest BCUT2D eigenvalue weighted by molar-refractivity contribution is 0.0465. The van der Waals surface area contributed by atoms with Gasteiger partial charge in [-0.1, -0.05) is 12.1 Å². The molecule has 0 saturated carbocycles. The number of hydrogen-bond donors (Lipinski definition) is 1. The molecule has 2 aromatic rings. The summed E-state index contributed by atoms with van der Waals surface area (Å²) in [5, 5.41) is 0. The van der Waals surface area contributed by atoms with E-state index in [1.165, 1.54) is 7.11 Å². The summed E-state index contributed by atoms with van der Waals surface area (Å²) in [7, 11) is 1.30. The predicted molar refractivity (Wildman–Crippen MR) is 93.1 cm³/mol. The maximum absolute atomic E-state index is 12.4. The molecule has 0 fully saturated rings.